The van der Waals surface area contributed by atoms with Crippen LogP contribution in [-0.4, -0.2) is 39.3 Å². The molecule has 3 aromatic heterocycles. The summed E-state index contributed by atoms with van der Waals surface area (Å²) >= 11 is 0. The number of nitrogens with two attached hydrogens (primary N) is 1. The molecule has 0 amide bonds. The second kappa shape index (κ2) is 5.27. The number of rotatable bonds is 4. The maximum atomic E-state index is 5.78. The minimum Gasteiger partial charge on any atom is -0.368 e. The first kappa shape index (κ1) is 13.2. The molecular weight excluding hydrogens is 270 g/mol. The fourth-order valence-corrected chi connectivity index (χ4v) is 1.89. The van der Waals surface area contributed by atoms with Crippen molar-refractivity contribution < 1.29 is 0 Å². The highest BCUT2D eigenvalue weighted by atomic mass is 15.4. The minimum atomic E-state index is 0.124. The molecule has 0 fully saturated rings. The maximum Gasteiger partial charge on any atom is 0.258 e. The Morgan fingerprint density at radius 2 is 1.86 bits per heavy atom. The first-order valence-electron chi connectivity index (χ1n) is 6.66. The Kier molecular flexibility index (Phi) is 3.30. The zero-order valence-electron chi connectivity index (χ0n) is 11.8. The van der Waals surface area contributed by atoms with Crippen LogP contribution in [0.3, 0.4) is 0 Å². The summed E-state index contributed by atoms with van der Waals surface area (Å²) in [7, 11) is 0. The Balaban J connectivity index is 2.12. The van der Waals surface area contributed by atoms with Gasteiger partial charge in [-0.3, -0.25) is 4.57 Å². The number of nitrogen functional groups attached to an aromatic ring is 1. The molecule has 0 saturated carbocycles. The molecular formula is C12H15N9. The normalized spacial score (nSPS) is 11.0. The predicted octanol–water partition coefficient (Wildman–Crippen LogP) is 0.345. The van der Waals surface area contributed by atoms with E-state index in [-0.39, 0.29) is 5.95 Å². The van der Waals surface area contributed by atoms with Crippen LogP contribution >= 0.6 is 0 Å². The van der Waals surface area contributed by atoms with Crippen LogP contribution < -0.4 is 5.73 Å². The van der Waals surface area contributed by atoms with Gasteiger partial charge in [0.05, 0.1) is 0 Å². The molecule has 0 aromatic carbocycles. The number of aryl methyl sites for hydroxylation is 2. The van der Waals surface area contributed by atoms with Crippen LogP contribution in [0.15, 0.2) is 18.7 Å². The van der Waals surface area contributed by atoms with Gasteiger partial charge in [-0.1, -0.05) is 13.8 Å². The molecule has 0 spiro atoms. The van der Waals surface area contributed by atoms with Gasteiger partial charge in [0.15, 0.2) is 5.82 Å². The number of hydrogen-bond donors (Lipinski definition) is 1. The standard InChI is InChI=1S/C12H15N9/c1-3-8-15-9(4-2)21(19-8)12-17-10(13)16-11(18-12)20-6-5-14-7-20/h5-7H,3-4H2,1-2H3,(H2,13,16,17,18). The molecule has 0 radical (unpaired) electrons. The molecule has 0 atom stereocenters. The summed E-state index contributed by atoms with van der Waals surface area (Å²) in [4.78, 5) is 21.0. The SMILES string of the molecule is CCc1nc(CC)n(-c2nc(N)nc(-n3ccnc3)n2)n1. The van der Waals surface area contributed by atoms with Crippen LogP contribution in [0.4, 0.5) is 5.95 Å². The highest BCUT2D eigenvalue weighted by Gasteiger charge is 2.14. The second-order valence-corrected chi connectivity index (χ2v) is 4.33. The highest BCUT2D eigenvalue weighted by Crippen LogP contribution is 2.10. The first-order chi connectivity index (χ1) is 10.2. The number of aromatic nitrogens is 8. The Morgan fingerprint density at radius 3 is 2.52 bits per heavy atom. The number of imidazole rings is 1. The Labute approximate surface area is 120 Å². The van der Waals surface area contributed by atoms with Crippen LogP contribution in [0.5, 0.6) is 0 Å². The van der Waals surface area contributed by atoms with Crippen molar-refractivity contribution in [2.75, 3.05) is 5.73 Å². The van der Waals surface area contributed by atoms with Gasteiger partial charge in [-0.15, -0.1) is 5.10 Å². The number of nitrogens with zero attached hydrogens (tertiary/aromatic N) is 8. The van der Waals surface area contributed by atoms with Crippen molar-refractivity contribution >= 4 is 5.95 Å². The Morgan fingerprint density at radius 1 is 1.05 bits per heavy atom. The highest BCUT2D eigenvalue weighted by molar-refractivity contribution is 5.29. The van der Waals surface area contributed by atoms with Crippen molar-refractivity contribution in [1.82, 2.24) is 39.3 Å². The molecule has 0 aliphatic rings. The van der Waals surface area contributed by atoms with E-state index in [1.165, 1.54) is 0 Å². The molecule has 3 heterocycles. The summed E-state index contributed by atoms with van der Waals surface area (Å²) in [5.41, 5.74) is 5.78. The lowest BCUT2D eigenvalue weighted by Gasteiger charge is -2.06. The quantitative estimate of drug-likeness (QED) is 0.735. The average molecular weight is 285 g/mol. The largest absolute Gasteiger partial charge is 0.368 e. The third kappa shape index (κ3) is 2.45. The van der Waals surface area contributed by atoms with Gasteiger partial charge in [-0.25, -0.2) is 9.97 Å². The van der Waals surface area contributed by atoms with Crippen molar-refractivity contribution in [1.29, 1.82) is 0 Å². The van der Waals surface area contributed by atoms with Gasteiger partial charge >= 0.3 is 0 Å². The Hall–Kier alpha value is -2.84. The van der Waals surface area contributed by atoms with Crippen LogP contribution in [-0.2, 0) is 12.8 Å². The van der Waals surface area contributed by atoms with Crippen LogP contribution in [0.25, 0.3) is 11.9 Å². The lowest BCUT2D eigenvalue weighted by molar-refractivity contribution is 0.728. The zero-order chi connectivity index (χ0) is 14.8. The molecule has 0 aliphatic carbocycles. The first-order valence-corrected chi connectivity index (χ1v) is 6.66. The van der Waals surface area contributed by atoms with Gasteiger partial charge in [0, 0.05) is 25.2 Å². The smallest absolute Gasteiger partial charge is 0.258 e. The molecule has 21 heavy (non-hydrogen) atoms. The van der Waals surface area contributed by atoms with Crippen LogP contribution in [0, 0.1) is 0 Å². The third-order valence-corrected chi connectivity index (χ3v) is 2.90. The van der Waals surface area contributed by atoms with Crippen LogP contribution in [0.2, 0.25) is 0 Å². The van der Waals surface area contributed by atoms with E-state index in [0.29, 0.717) is 11.9 Å². The van der Waals surface area contributed by atoms with Gasteiger partial charge < -0.3 is 5.73 Å². The van der Waals surface area contributed by atoms with Crippen LogP contribution in [0.1, 0.15) is 25.5 Å². The van der Waals surface area contributed by atoms with Gasteiger partial charge in [0.25, 0.3) is 5.95 Å². The lowest BCUT2D eigenvalue weighted by Crippen LogP contribution is -2.13. The van der Waals surface area contributed by atoms with Gasteiger partial charge in [-0.2, -0.15) is 19.6 Å². The number of hydrogen-bond acceptors (Lipinski definition) is 7. The summed E-state index contributed by atoms with van der Waals surface area (Å²) in [5.74, 6) is 2.41. The van der Waals surface area contributed by atoms with Gasteiger partial charge in [0.1, 0.15) is 12.2 Å². The summed E-state index contributed by atoms with van der Waals surface area (Å²) in [6, 6.07) is 0. The molecule has 0 bridgehead atoms. The molecule has 9 heteroatoms. The van der Waals surface area contributed by atoms with Crippen molar-refractivity contribution in [3.8, 4) is 11.9 Å². The van der Waals surface area contributed by atoms with E-state index in [0.717, 1.165) is 24.5 Å². The molecule has 3 rings (SSSR count). The van der Waals surface area contributed by atoms with E-state index >= 15 is 0 Å². The third-order valence-electron chi connectivity index (χ3n) is 2.90. The lowest BCUT2D eigenvalue weighted by atomic mass is 10.4. The van der Waals surface area contributed by atoms with Crippen molar-refractivity contribution in [2.45, 2.75) is 26.7 Å². The van der Waals surface area contributed by atoms with Gasteiger partial charge in [0.2, 0.25) is 11.9 Å². The molecule has 0 saturated heterocycles. The fraction of sp³-hybridized carbons (Fsp3) is 0.333. The molecule has 108 valence electrons. The van der Waals surface area contributed by atoms with Crippen molar-refractivity contribution in [2.24, 2.45) is 0 Å². The van der Waals surface area contributed by atoms with E-state index in [1.807, 2.05) is 13.8 Å². The monoisotopic (exact) mass is 285 g/mol. The minimum absolute atomic E-state index is 0.124. The number of anilines is 1. The summed E-state index contributed by atoms with van der Waals surface area (Å²) in [5, 5.41) is 4.41. The van der Waals surface area contributed by atoms with Crippen molar-refractivity contribution in [3.05, 3.63) is 30.4 Å². The fourth-order valence-electron chi connectivity index (χ4n) is 1.89. The molecule has 0 aliphatic heterocycles. The zero-order valence-corrected chi connectivity index (χ0v) is 11.8. The molecule has 0 unspecified atom stereocenters. The van der Waals surface area contributed by atoms with Gasteiger partial charge in [-0.05, 0) is 0 Å². The average Bonchev–Trinajstić information content (AvgIpc) is 3.15. The van der Waals surface area contributed by atoms with E-state index < -0.39 is 0 Å². The maximum absolute atomic E-state index is 5.78. The predicted molar refractivity (Wildman–Crippen MR) is 75.0 cm³/mol. The summed E-state index contributed by atoms with van der Waals surface area (Å²) < 4.78 is 3.27. The van der Waals surface area contributed by atoms with E-state index in [4.69, 9.17) is 5.73 Å². The Bertz CT molecular complexity index is 744. The summed E-state index contributed by atoms with van der Waals surface area (Å²) in [6.45, 7) is 4.00. The van der Waals surface area contributed by atoms with E-state index in [2.05, 4.69) is 30.0 Å². The second-order valence-electron chi connectivity index (χ2n) is 4.33. The van der Waals surface area contributed by atoms with E-state index in [9.17, 15) is 0 Å². The molecule has 3 aromatic rings. The molecule has 9 nitrogen and oxygen atoms in total. The van der Waals surface area contributed by atoms with Crippen molar-refractivity contribution in [3.63, 3.8) is 0 Å². The van der Waals surface area contributed by atoms with E-state index in [1.54, 1.807) is 28.0 Å². The topological polar surface area (TPSA) is 113 Å². The molecule has 2 N–H and O–H groups in total. The summed E-state index contributed by atoms with van der Waals surface area (Å²) in [6.07, 6.45) is 6.44.